The molecule has 0 aromatic carbocycles. The summed E-state index contributed by atoms with van der Waals surface area (Å²) in [6.07, 6.45) is -2.61. The number of primary amides is 1. The molecular weight excluding hydrogens is 263 g/mol. The van der Waals surface area contributed by atoms with Crippen LogP contribution in [0.3, 0.4) is 0 Å². The van der Waals surface area contributed by atoms with Crippen molar-refractivity contribution in [2.45, 2.75) is 25.1 Å². The molecule has 1 heterocycles. The summed E-state index contributed by atoms with van der Waals surface area (Å²) < 4.78 is 40.3. The van der Waals surface area contributed by atoms with Gasteiger partial charge in [0.2, 0.25) is 5.91 Å². The van der Waals surface area contributed by atoms with E-state index >= 15 is 0 Å². The molecule has 0 saturated carbocycles. The highest BCUT2D eigenvalue weighted by molar-refractivity contribution is 5.75. The molecule has 3 N–H and O–H groups in total. The Labute approximate surface area is 110 Å². The molecule has 1 aliphatic rings. The fraction of sp³-hybridized carbons (Fsp3) is 0.909. The lowest BCUT2D eigenvalue weighted by atomic mass is 10.0. The van der Waals surface area contributed by atoms with Gasteiger partial charge in [0.1, 0.15) is 6.61 Å². The van der Waals surface area contributed by atoms with Crippen LogP contribution in [-0.4, -0.2) is 62.4 Å². The lowest BCUT2D eigenvalue weighted by Crippen LogP contribution is -2.47. The van der Waals surface area contributed by atoms with Crippen molar-refractivity contribution in [1.29, 1.82) is 0 Å². The van der Waals surface area contributed by atoms with E-state index in [-0.39, 0.29) is 25.7 Å². The average molecular weight is 283 g/mol. The second-order valence-electron chi connectivity index (χ2n) is 4.59. The molecular formula is C11H20F3N3O2. The van der Waals surface area contributed by atoms with Crippen LogP contribution in [0, 0.1) is 0 Å². The van der Waals surface area contributed by atoms with Crippen LogP contribution >= 0.6 is 0 Å². The van der Waals surface area contributed by atoms with Crippen molar-refractivity contribution in [2.75, 3.05) is 39.4 Å². The highest BCUT2D eigenvalue weighted by atomic mass is 19.4. The number of ether oxygens (including phenoxy) is 1. The number of carbonyl (C=O) groups is 1. The summed E-state index contributed by atoms with van der Waals surface area (Å²) in [6.45, 7) is 0.691. The molecule has 0 atom stereocenters. The molecule has 1 aliphatic heterocycles. The van der Waals surface area contributed by atoms with Crippen molar-refractivity contribution in [2.24, 2.45) is 5.73 Å². The normalized spacial score (nSPS) is 17.9. The van der Waals surface area contributed by atoms with Gasteiger partial charge in [-0.2, -0.15) is 13.2 Å². The zero-order valence-corrected chi connectivity index (χ0v) is 10.7. The standard InChI is InChI=1S/C11H20F3N3O2/c12-11(13,14)8-19-6-5-17(7-10(15)18)9-1-3-16-4-2-9/h9,16H,1-8H2,(H2,15,18). The van der Waals surface area contributed by atoms with E-state index in [1.54, 1.807) is 4.90 Å². The van der Waals surface area contributed by atoms with E-state index in [9.17, 15) is 18.0 Å². The van der Waals surface area contributed by atoms with E-state index in [4.69, 9.17) is 5.73 Å². The monoisotopic (exact) mass is 283 g/mol. The number of hydrogen-bond acceptors (Lipinski definition) is 4. The fourth-order valence-corrected chi connectivity index (χ4v) is 2.13. The Morgan fingerprint density at radius 1 is 1.37 bits per heavy atom. The number of halogens is 3. The molecule has 0 radical (unpaired) electrons. The summed E-state index contributed by atoms with van der Waals surface area (Å²) in [6, 6.07) is 0.170. The van der Waals surface area contributed by atoms with Crippen molar-refractivity contribution < 1.29 is 22.7 Å². The number of nitrogens with zero attached hydrogens (tertiary/aromatic N) is 1. The molecule has 0 unspecified atom stereocenters. The molecule has 0 bridgehead atoms. The minimum atomic E-state index is -4.32. The zero-order valence-electron chi connectivity index (χ0n) is 10.7. The van der Waals surface area contributed by atoms with Crippen molar-refractivity contribution in [3.63, 3.8) is 0 Å². The summed E-state index contributed by atoms with van der Waals surface area (Å²) in [4.78, 5) is 12.8. The van der Waals surface area contributed by atoms with Crippen LogP contribution in [0.15, 0.2) is 0 Å². The molecule has 1 fully saturated rings. The van der Waals surface area contributed by atoms with Gasteiger partial charge in [0.05, 0.1) is 13.2 Å². The molecule has 112 valence electrons. The van der Waals surface area contributed by atoms with E-state index in [0.717, 1.165) is 25.9 Å². The van der Waals surface area contributed by atoms with E-state index in [1.807, 2.05) is 0 Å². The second kappa shape index (κ2) is 7.66. The van der Waals surface area contributed by atoms with Crippen LogP contribution in [0.1, 0.15) is 12.8 Å². The van der Waals surface area contributed by atoms with Crippen molar-refractivity contribution in [3.05, 3.63) is 0 Å². The van der Waals surface area contributed by atoms with Crippen LogP contribution < -0.4 is 11.1 Å². The molecule has 1 saturated heterocycles. The van der Waals surface area contributed by atoms with Gasteiger partial charge in [-0.1, -0.05) is 0 Å². The lowest BCUT2D eigenvalue weighted by Gasteiger charge is -2.33. The quantitative estimate of drug-likeness (QED) is 0.651. The average Bonchev–Trinajstić information content (AvgIpc) is 2.32. The van der Waals surface area contributed by atoms with Gasteiger partial charge in [-0.05, 0) is 25.9 Å². The van der Waals surface area contributed by atoms with Crippen LogP contribution in [0.5, 0.6) is 0 Å². The maximum absolute atomic E-state index is 11.9. The largest absolute Gasteiger partial charge is 0.411 e. The Kier molecular flexibility index (Phi) is 6.53. The molecule has 5 nitrogen and oxygen atoms in total. The molecule has 1 rings (SSSR count). The maximum atomic E-state index is 11.9. The van der Waals surface area contributed by atoms with E-state index in [2.05, 4.69) is 10.1 Å². The number of carbonyl (C=O) groups excluding carboxylic acids is 1. The molecule has 0 aromatic rings. The van der Waals surface area contributed by atoms with Gasteiger partial charge in [-0.25, -0.2) is 0 Å². The third kappa shape index (κ3) is 7.34. The van der Waals surface area contributed by atoms with Gasteiger partial charge in [0.15, 0.2) is 0 Å². The van der Waals surface area contributed by atoms with Crippen molar-refractivity contribution >= 4 is 5.91 Å². The summed E-state index contributed by atoms with van der Waals surface area (Å²) in [5.41, 5.74) is 5.16. The molecule has 19 heavy (non-hydrogen) atoms. The number of hydrogen-bond donors (Lipinski definition) is 2. The van der Waals surface area contributed by atoms with Crippen LogP contribution in [0.2, 0.25) is 0 Å². The number of amides is 1. The van der Waals surface area contributed by atoms with Gasteiger partial charge in [0, 0.05) is 12.6 Å². The minimum absolute atomic E-state index is 0.0556. The summed E-state index contributed by atoms with van der Waals surface area (Å²) in [5.74, 6) is -0.477. The molecule has 0 aromatic heterocycles. The Hall–Kier alpha value is -0.860. The Morgan fingerprint density at radius 3 is 2.53 bits per heavy atom. The number of nitrogens with two attached hydrogens (primary N) is 1. The predicted molar refractivity (Wildman–Crippen MR) is 63.5 cm³/mol. The first-order valence-corrected chi connectivity index (χ1v) is 6.26. The van der Waals surface area contributed by atoms with Crippen LogP contribution in [0.25, 0.3) is 0 Å². The number of nitrogens with one attached hydrogen (secondary N) is 1. The van der Waals surface area contributed by atoms with Crippen LogP contribution in [-0.2, 0) is 9.53 Å². The molecule has 0 spiro atoms. The van der Waals surface area contributed by atoms with Crippen molar-refractivity contribution in [3.8, 4) is 0 Å². The van der Waals surface area contributed by atoms with Gasteiger partial charge in [-0.3, -0.25) is 9.69 Å². The van der Waals surface area contributed by atoms with E-state index in [0.29, 0.717) is 0 Å². The number of alkyl halides is 3. The Morgan fingerprint density at radius 2 is 2.00 bits per heavy atom. The van der Waals surface area contributed by atoms with E-state index < -0.39 is 18.7 Å². The van der Waals surface area contributed by atoms with Gasteiger partial charge < -0.3 is 15.8 Å². The van der Waals surface area contributed by atoms with Gasteiger partial charge >= 0.3 is 6.18 Å². The first-order valence-electron chi connectivity index (χ1n) is 6.26. The smallest absolute Gasteiger partial charge is 0.371 e. The lowest BCUT2D eigenvalue weighted by molar-refractivity contribution is -0.175. The molecule has 8 heteroatoms. The first kappa shape index (κ1) is 16.2. The van der Waals surface area contributed by atoms with Gasteiger partial charge in [-0.15, -0.1) is 0 Å². The summed E-state index contributed by atoms with van der Waals surface area (Å²) in [5, 5.41) is 3.19. The summed E-state index contributed by atoms with van der Waals surface area (Å²) in [7, 11) is 0. The van der Waals surface area contributed by atoms with Crippen LogP contribution in [0.4, 0.5) is 13.2 Å². The van der Waals surface area contributed by atoms with Gasteiger partial charge in [0.25, 0.3) is 0 Å². The van der Waals surface area contributed by atoms with E-state index in [1.165, 1.54) is 0 Å². The van der Waals surface area contributed by atoms with Crippen molar-refractivity contribution in [1.82, 2.24) is 10.2 Å². The maximum Gasteiger partial charge on any atom is 0.411 e. The second-order valence-corrected chi connectivity index (χ2v) is 4.59. The third-order valence-corrected chi connectivity index (χ3v) is 2.97. The molecule has 0 aliphatic carbocycles. The zero-order chi connectivity index (χ0) is 14.3. The predicted octanol–water partition coefficient (Wildman–Crippen LogP) is 0.105. The topological polar surface area (TPSA) is 67.6 Å². The number of rotatable bonds is 7. The fourth-order valence-electron chi connectivity index (χ4n) is 2.13. The number of piperidine rings is 1. The third-order valence-electron chi connectivity index (χ3n) is 2.97. The Bertz CT molecular complexity index is 281. The summed E-state index contributed by atoms with van der Waals surface area (Å²) >= 11 is 0. The Balaban J connectivity index is 2.34. The molecule has 1 amide bonds. The minimum Gasteiger partial charge on any atom is -0.371 e. The highest BCUT2D eigenvalue weighted by Crippen LogP contribution is 2.15. The highest BCUT2D eigenvalue weighted by Gasteiger charge is 2.28. The first-order chi connectivity index (χ1) is 8.88. The SMILES string of the molecule is NC(=O)CN(CCOCC(F)(F)F)C1CCNCC1.